The van der Waals surface area contributed by atoms with E-state index in [1.807, 2.05) is 74.4 Å². The van der Waals surface area contributed by atoms with Crippen LogP contribution in [0.5, 0.6) is 0 Å². The van der Waals surface area contributed by atoms with Gasteiger partial charge in [-0.1, -0.05) is 30.8 Å². The average Bonchev–Trinajstić information content (AvgIpc) is 3.17. The number of rotatable bonds is 3. The van der Waals surface area contributed by atoms with Crippen LogP contribution in [0.2, 0.25) is 0 Å². The van der Waals surface area contributed by atoms with Gasteiger partial charge in [-0.3, -0.25) is 0 Å². The van der Waals surface area contributed by atoms with Gasteiger partial charge in [0.1, 0.15) is 17.4 Å². The SMILES string of the molecule is CCOC(=O)c1c(S)n(-c2ccccc2)c2c3cccn3cc[n+]12. The zero-order valence-electron chi connectivity index (χ0n) is 13.1. The van der Waals surface area contributed by atoms with Crippen molar-refractivity contribution in [3.8, 4) is 5.69 Å². The maximum atomic E-state index is 12.5. The minimum Gasteiger partial charge on any atom is -0.460 e. The second-order valence-electron chi connectivity index (χ2n) is 5.36. The fourth-order valence-electron chi connectivity index (χ4n) is 2.97. The molecule has 6 heteroatoms. The van der Waals surface area contributed by atoms with E-state index in [0.29, 0.717) is 17.3 Å². The monoisotopic (exact) mass is 338 g/mol. The van der Waals surface area contributed by atoms with Crippen molar-refractivity contribution >= 4 is 29.8 Å². The van der Waals surface area contributed by atoms with Crippen LogP contribution in [0.3, 0.4) is 0 Å². The number of fused-ring (bicyclic) bond motifs is 3. The average molecular weight is 338 g/mol. The van der Waals surface area contributed by atoms with E-state index in [1.54, 1.807) is 6.92 Å². The zero-order chi connectivity index (χ0) is 16.7. The van der Waals surface area contributed by atoms with Gasteiger partial charge in [0.25, 0.3) is 5.69 Å². The molecule has 0 saturated heterocycles. The molecule has 120 valence electrons. The first-order chi connectivity index (χ1) is 11.7. The molecule has 24 heavy (non-hydrogen) atoms. The minimum absolute atomic E-state index is 0.317. The lowest BCUT2D eigenvalue weighted by molar-refractivity contribution is -0.515. The number of hydrogen-bond donors (Lipinski definition) is 1. The maximum absolute atomic E-state index is 12.5. The first-order valence-electron chi connectivity index (χ1n) is 7.69. The van der Waals surface area contributed by atoms with Gasteiger partial charge in [-0.25, -0.2) is 4.79 Å². The van der Waals surface area contributed by atoms with Crippen LogP contribution < -0.4 is 4.40 Å². The van der Waals surface area contributed by atoms with Crippen molar-refractivity contribution in [3.63, 3.8) is 0 Å². The van der Waals surface area contributed by atoms with Crippen molar-refractivity contribution in [3.05, 3.63) is 66.7 Å². The summed E-state index contributed by atoms with van der Waals surface area (Å²) in [5, 5.41) is 0.550. The number of hydrogen-bond acceptors (Lipinski definition) is 3. The zero-order valence-corrected chi connectivity index (χ0v) is 14.0. The van der Waals surface area contributed by atoms with Crippen molar-refractivity contribution in [1.82, 2.24) is 8.97 Å². The summed E-state index contributed by atoms with van der Waals surface area (Å²) in [6.07, 6.45) is 5.74. The Hall–Kier alpha value is -2.73. The molecule has 1 aromatic carbocycles. The Morgan fingerprint density at radius 3 is 2.71 bits per heavy atom. The molecular weight excluding hydrogens is 322 g/mol. The molecule has 3 heterocycles. The molecule has 3 aromatic heterocycles. The van der Waals surface area contributed by atoms with Crippen LogP contribution in [0, 0.1) is 0 Å². The highest BCUT2D eigenvalue weighted by Crippen LogP contribution is 2.24. The van der Waals surface area contributed by atoms with Gasteiger partial charge in [0.2, 0.25) is 5.03 Å². The molecule has 0 spiro atoms. The Balaban J connectivity index is 2.15. The van der Waals surface area contributed by atoms with E-state index in [1.165, 1.54) is 0 Å². The maximum Gasteiger partial charge on any atom is 0.384 e. The Morgan fingerprint density at radius 1 is 1.17 bits per heavy atom. The lowest BCUT2D eigenvalue weighted by Gasteiger charge is -2.00. The van der Waals surface area contributed by atoms with E-state index in [9.17, 15) is 4.79 Å². The summed E-state index contributed by atoms with van der Waals surface area (Å²) >= 11 is 4.65. The molecule has 0 N–H and O–H groups in total. The van der Waals surface area contributed by atoms with Gasteiger partial charge in [0.15, 0.2) is 0 Å². The molecule has 0 atom stereocenters. The van der Waals surface area contributed by atoms with Crippen molar-refractivity contribution in [2.45, 2.75) is 11.9 Å². The fourth-order valence-corrected chi connectivity index (χ4v) is 3.38. The number of benzene rings is 1. The quantitative estimate of drug-likeness (QED) is 0.354. The van der Waals surface area contributed by atoms with E-state index < -0.39 is 0 Å². The number of esters is 1. The number of carbonyl (C=O) groups is 1. The first kappa shape index (κ1) is 14.8. The summed E-state index contributed by atoms with van der Waals surface area (Å²) < 4.78 is 11.0. The molecule has 0 radical (unpaired) electrons. The number of para-hydroxylation sites is 1. The summed E-state index contributed by atoms with van der Waals surface area (Å²) in [5.41, 5.74) is 3.20. The van der Waals surface area contributed by atoms with Crippen molar-refractivity contribution in [2.75, 3.05) is 6.61 Å². The summed E-state index contributed by atoms with van der Waals surface area (Å²) in [7, 11) is 0. The minimum atomic E-state index is -0.386. The third-order valence-electron chi connectivity index (χ3n) is 3.97. The molecule has 0 aliphatic carbocycles. The molecule has 4 rings (SSSR count). The number of thiol groups is 1. The molecule has 0 amide bonds. The highest BCUT2D eigenvalue weighted by atomic mass is 32.1. The van der Waals surface area contributed by atoms with Crippen LogP contribution in [-0.4, -0.2) is 21.5 Å². The largest absolute Gasteiger partial charge is 0.460 e. The predicted octanol–water partition coefficient (Wildman–Crippen LogP) is 2.93. The number of imidazole rings is 1. The summed E-state index contributed by atoms with van der Waals surface area (Å²) in [4.78, 5) is 12.5. The number of carbonyl (C=O) groups excluding carboxylic acids is 1. The third-order valence-corrected chi connectivity index (χ3v) is 4.38. The second-order valence-corrected chi connectivity index (χ2v) is 5.78. The Morgan fingerprint density at radius 2 is 1.96 bits per heavy atom. The van der Waals surface area contributed by atoms with Crippen molar-refractivity contribution in [2.24, 2.45) is 0 Å². The smallest absolute Gasteiger partial charge is 0.384 e. The topological polar surface area (TPSA) is 39.7 Å². The summed E-state index contributed by atoms with van der Waals surface area (Å²) in [6, 6.07) is 13.8. The Kier molecular flexibility index (Phi) is 3.54. The van der Waals surface area contributed by atoms with Gasteiger partial charge in [-0.15, -0.1) is 0 Å². The van der Waals surface area contributed by atoms with E-state index >= 15 is 0 Å². The van der Waals surface area contributed by atoms with Crippen LogP contribution in [0.15, 0.2) is 66.1 Å². The van der Waals surface area contributed by atoms with Gasteiger partial charge < -0.3 is 9.14 Å². The summed E-state index contributed by atoms with van der Waals surface area (Å²) in [6.45, 7) is 2.11. The normalized spacial score (nSPS) is 11.2. The Labute approximate surface area is 144 Å². The molecule has 0 aliphatic heterocycles. The van der Waals surface area contributed by atoms with Crippen LogP contribution in [0.1, 0.15) is 17.4 Å². The van der Waals surface area contributed by atoms with Crippen LogP contribution in [0.25, 0.3) is 16.9 Å². The Bertz CT molecular complexity index is 1050. The lowest BCUT2D eigenvalue weighted by Crippen LogP contribution is -2.29. The molecule has 0 saturated carbocycles. The molecular formula is C18H16N3O2S+. The van der Waals surface area contributed by atoms with E-state index in [4.69, 9.17) is 4.74 Å². The fraction of sp³-hybridized carbons (Fsp3) is 0.111. The standard InChI is InChI=1S/C18H15N3O2S/c1-2-23-18(22)15-17(24)21(13-7-4-3-5-8-13)16-14-9-6-10-19(14)11-12-20(15)16/h3-12H,2H2,1H3/p+1. The molecule has 4 aromatic rings. The summed E-state index contributed by atoms with van der Waals surface area (Å²) in [5.74, 6) is -0.386. The van der Waals surface area contributed by atoms with Crippen molar-refractivity contribution < 1.29 is 13.9 Å². The third kappa shape index (κ3) is 2.11. The number of ether oxygens (including phenoxy) is 1. The van der Waals surface area contributed by atoms with Gasteiger partial charge in [-0.2, -0.15) is 8.97 Å². The van der Waals surface area contributed by atoms with E-state index in [0.717, 1.165) is 16.9 Å². The van der Waals surface area contributed by atoms with Crippen LogP contribution in [-0.2, 0) is 4.74 Å². The molecule has 5 nitrogen and oxygen atoms in total. The molecule has 0 fully saturated rings. The molecule has 0 unspecified atom stereocenters. The van der Waals surface area contributed by atoms with Gasteiger partial charge in [0.05, 0.1) is 6.61 Å². The van der Waals surface area contributed by atoms with Gasteiger partial charge in [0, 0.05) is 12.4 Å². The van der Waals surface area contributed by atoms with E-state index in [2.05, 4.69) is 12.6 Å². The van der Waals surface area contributed by atoms with Crippen LogP contribution in [0.4, 0.5) is 0 Å². The highest BCUT2D eigenvalue weighted by molar-refractivity contribution is 7.80. The van der Waals surface area contributed by atoms with Gasteiger partial charge in [-0.05, 0) is 31.2 Å². The number of nitrogens with zero attached hydrogens (tertiary/aromatic N) is 3. The van der Waals surface area contributed by atoms with E-state index in [-0.39, 0.29) is 5.97 Å². The number of aromatic nitrogens is 3. The van der Waals surface area contributed by atoms with Crippen molar-refractivity contribution in [1.29, 1.82) is 0 Å². The first-order valence-corrected chi connectivity index (χ1v) is 8.14. The molecule has 0 aliphatic rings. The lowest BCUT2D eigenvalue weighted by atomic mass is 10.3. The predicted molar refractivity (Wildman–Crippen MR) is 93.1 cm³/mol. The van der Waals surface area contributed by atoms with Gasteiger partial charge >= 0.3 is 11.6 Å². The highest BCUT2D eigenvalue weighted by Gasteiger charge is 2.32. The van der Waals surface area contributed by atoms with Crippen LogP contribution >= 0.6 is 12.6 Å². The molecule has 0 bridgehead atoms. The second kappa shape index (κ2) is 5.72.